The molecule has 0 spiro atoms. The minimum atomic E-state index is -1.04. The van der Waals surface area contributed by atoms with Crippen LogP contribution in [0.2, 0.25) is 0 Å². The van der Waals surface area contributed by atoms with Gasteiger partial charge in [0.2, 0.25) is 5.91 Å². The number of carbonyl (C=O) groups is 1. The van der Waals surface area contributed by atoms with Gasteiger partial charge in [-0.1, -0.05) is 12.1 Å². The zero-order valence-corrected chi connectivity index (χ0v) is 11.7. The molecule has 22 heavy (non-hydrogen) atoms. The highest BCUT2D eigenvalue weighted by atomic mass is 19.1. The molecule has 1 heterocycles. The fourth-order valence-corrected chi connectivity index (χ4v) is 2.35. The second kappa shape index (κ2) is 5.99. The van der Waals surface area contributed by atoms with E-state index in [-0.39, 0.29) is 12.3 Å². The monoisotopic (exact) mass is 298 g/mol. The van der Waals surface area contributed by atoms with E-state index in [1.54, 1.807) is 12.1 Å². The summed E-state index contributed by atoms with van der Waals surface area (Å²) in [6.07, 6.45) is 0.658. The first-order chi connectivity index (χ1) is 10.6. The summed E-state index contributed by atoms with van der Waals surface area (Å²) in [6.45, 7) is 0. The van der Waals surface area contributed by atoms with E-state index in [1.807, 2.05) is 24.4 Å². The molecule has 3 aromatic rings. The molecule has 1 unspecified atom stereocenters. The van der Waals surface area contributed by atoms with E-state index in [1.165, 1.54) is 18.2 Å². The number of carbonyl (C=O) groups excluding carboxylic acids is 1. The van der Waals surface area contributed by atoms with Crippen molar-refractivity contribution in [3.8, 4) is 0 Å². The van der Waals surface area contributed by atoms with Gasteiger partial charge in [-0.05, 0) is 42.0 Å². The third-order valence-corrected chi connectivity index (χ3v) is 3.45. The van der Waals surface area contributed by atoms with Crippen molar-refractivity contribution in [1.29, 1.82) is 0 Å². The maximum atomic E-state index is 13.1. The number of aliphatic hydroxyl groups is 1. The van der Waals surface area contributed by atoms with Crippen molar-refractivity contribution in [3.63, 3.8) is 0 Å². The van der Waals surface area contributed by atoms with Crippen molar-refractivity contribution in [2.75, 3.05) is 5.32 Å². The molecular weight excluding hydrogens is 283 g/mol. The van der Waals surface area contributed by atoms with Crippen LogP contribution >= 0.6 is 0 Å². The average Bonchev–Trinajstić information content (AvgIpc) is 2.94. The molecular formula is C17H15FN2O2. The molecule has 0 aliphatic heterocycles. The summed E-state index contributed by atoms with van der Waals surface area (Å²) in [4.78, 5) is 15.1. The van der Waals surface area contributed by atoms with Crippen molar-refractivity contribution in [2.45, 2.75) is 12.5 Å². The van der Waals surface area contributed by atoms with Crippen LogP contribution in [0.15, 0.2) is 54.7 Å². The molecule has 112 valence electrons. The maximum Gasteiger partial charge on any atom is 0.227 e. The number of benzene rings is 2. The van der Waals surface area contributed by atoms with Gasteiger partial charge in [0.25, 0.3) is 0 Å². The van der Waals surface area contributed by atoms with Crippen molar-refractivity contribution in [3.05, 3.63) is 66.1 Å². The minimum absolute atomic E-state index is 0.130. The Kier molecular flexibility index (Phi) is 3.89. The van der Waals surface area contributed by atoms with E-state index in [4.69, 9.17) is 0 Å². The Balaban J connectivity index is 1.66. The Morgan fingerprint density at radius 2 is 2.09 bits per heavy atom. The van der Waals surface area contributed by atoms with Crippen molar-refractivity contribution < 1.29 is 14.3 Å². The number of hydrogen-bond donors (Lipinski definition) is 3. The first-order valence-corrected chi connectivity index (χ1v) is 6.92. The SMILES string of the molecule is O=C(CC(O)c1cccc(F)c1)Nc1ccc2[nH]ccc2c1. The molecule has 2 aromatic carbocycles. The summed E-state index contributed by atoms with van der Waals surface area (Å²) < 4.78 is 13.1. The van der Waals surface area contributed by atoms with Crippen LogP contribution in [0.5, 0.6) is 0 Å². The largest absolute Gasteiger partial charge is 0.388 e. The zero-order chi connectivity index (χ0) is 15.5. The number of aromatic nitrogens is 1. The second-order valence-corrected chi connectivity index (χ2v) is 5.10. The second-order valence-electron chi connectivity index (χ2n) is 5.10. The van der Waals surface area contributed by atoms with Gasteiger partial charge < -0.3 is 15.4 Å². The lowest BCUT2D eigenvalue weighted by Crippen LogP contribution is -2.15. The summed E-state index contributed by atoms with van der Waals surface area (Å²) >= 11 is 0. The van der Waals surface area contributed by atoms with Gasteiger partial charge in [0.1, 0.15) is 5.82 Å². The lowest BCUT2D eigenvalue weighted by atomic mass is 10.1. The normalized spacial score (nSPS) is 12.3. The van der Waals surface area contributed by atoms with E-state index in [0.717, 1.165) is 10.9 Å². The fourth-order valence-electron chi connectivity index (χ4n) is 2.35. The lowest BCUT2D eigenvalue weighted by Gasteiger charge is -2.11. The standard InChI is InChI=1S/C17H15FN2O2/c18-13-3-1-2-12(8-13)16(21)10-17(22)20-14-4-5-15-11(9-14)6-7-19-15/h1-9,16,19,21H,10H2,(H,20,22). The van der Waals surface area contributed by atoms with Crippen LogP contribution in [0.1, 0.15) is 18.1 Å². The lowest BCUT2D eigenvalue weighted by molar-refractivity contribution is -0.118. The molecule has 0 fully saturated rings. The number of H-pyrrole nitrogens is 1. The van der Waals surface area contributed by atoms with Crippen LogP contribution < -0.4 is 5.32 Å². The van der Waals surface area contributed by atoms with Gasteiger partial charge in [0, 0.05) is 22.8 Å². The van der Waals surface area contributed by atoms with Crippen LogP contribution in [0.4, 0.5) is 10.1 Å². The number of halogens is 1. The molecule has 3 rings (SSSR count). The van der Waals surface area contributed by atoms with E-state index in [9.17, 15) is 14.3 Å². The van der Waals surface area contributed by atoms with E-state index in [0.29, 0.717) is 11.3 Å². The first-order valence-electron chi connectivity index (χ1n) is 6.92. The maximum absolute atomic E-state index is 13.1. The Labute approximate surface area is 126 Å². The molecule has 0 radical (unpaired) electrons. The number of rotatable bonds is 4. The van der Waals surface area contributed by atoms with Crippen LogP contribution in [0, 0.1) is 5.82 Å². The Morgan fingerprint density at radius 3 is 2.91 bits per heavy atom. The van der Waals surface area contributed by atoms with E-state index < -0.39 is 11.9 Å². The molecule has 0 saturated carbocycles. The fraction of sp³-hybridized carbons (Fsp3) is 0.118. The number of nitrogens with one attached hydrogen (secondary N) is 2. The number of aromatic amines is 1. The molecule has 1 aromatic heterocycles. The van der Waals surface area contributed by atoms with Gasteiger partial charge >= 0.3 is 0 Å². The summed E-state index contributed by atoms with van der Waals surface area (Å²) in [5.74, 6) is -0.762. The molecule has 0 bridgehead atoms. The molecule has 0 aliphatic rings. The van der Waals surface area contributed by atoms with Crippen molar-refractivity contribution >= 4 is 22.5 Å². The number of anilines is 1. The third kappa shape index (κ3) is 3.15. The smallest absolute Gasteiger partial charge is 0.227 e. The Morgan fingerprint density at radius 1 is 1.23 bits per heavy atom. The number of amides is 1. The molecule has 5 heteroatoms. The van der Waals surface area contributed by atoms with Crippen LogP contribution in [0.25, 0.3) is 10.9 Å². The first kappa shape index (κ1) is 14.3. The molecule has 0 aliphatic carbocycles. The molecule has 1 atom stereocenters. The number of aliphatic hydroxyl groups excluding tert-OH is 1. The molecule has 0 saturated heterocycles. The summed E-state index contributed by atoms with van der Waals surface area (Å²) in [7, 11) is 0. The van der Waals surface area contributed by atoms with Gasteiger partial charge in [-0.15, -0.1) is 0 Å². The average molecular weight is 298 g/mol. The van der Waals surface area contributed by atoms with E-state index >= 15 is 0 Å². The van der Waals surface area contributed by atoms with E-state index in [2.05, 4.69) is 10.3 Å². The Bertz CT molecular complexity index is 813. The molecule has 4 nitrogen and oxygen atoms in total. The highest BCUT2D eigenvalue weighted by Crippen LogP contribution is 2.20. The highest BCUT2D eigenvalue weighted by molar-refractivity contribution is 5.94. The van der Waals surface area contributed by atoms with Gasteiger partial charge in [-0.25, -0.2) is 4.39 Å². The van der Waals surface area contributed by atoms with Gasteiger partial charge in [-0.3, -0.25) is 4.79 Å². The third-order valence-electron chi connectivity index (χ3n) is 3.45. The Hall–Kier alpha value is -2.66. The topological polar surface area (TPSA) is 65.1 Å². The van der Waals surface area contributed by atoms with Crippen LogP contribution in [0.3, 0.4) is 0 Å². The summed E-state index contributed by atoms with van der Waals surface area (Å²) in [5, 5.41) is 13.7. The van der Waals surface area contributed by atoms with Gasteiger partial charge in [0.15, 0.2) is 0 Å². The van der Waals surface area contributed by atoms with Crippen LogP contribution in [-0.4, -0.2) is 16.0 Å². The van der Waals surface area contributed by atoms with Crippen LogP contribution in [-0.2, 0) is 4.79 Å². The molecule has 3 N–H and O–H groups in total. The molecule has 1 amide bonds. The number of fused-ring (bicyclic) bond motifs is 1. The quantitative estimate of drug-likeness (QED) is 0.691. The zero-order valence-electron chi connectivity index (χ0n) is 11.7. The van der Waals surface area contributed by atoms with Crippen molar-refractivity contribution in [1.82, 2.24) is 4.98 Å². The minimum Gasteiger partial charge on any atom is -0.388 e. The number of hydrogen-bond acceptors (Lipinski definition) is 2. The highest BCUT2D eigenvalue weighted by Gasteiger charge is 2.14. The predicted molar refractivity (Wildman–Crippen MR) is 82.9 cm³/mol. The summed E-state index contributed by atoms with van der Waals surface area (Å²) in [6, 6.07) is 13.0. The summed E-state index contributed by atoms with van der Waals surface area (Å²) in [5.41, 5.74) is 2.03. The predicted octanol–water partition coefficient (Wildman–Crippen LogP) is 3.37. The van der Waals surface area contributed by atoms with Crippen molar-refractivity contribution in [2.24, 2.45) is 0 Å². The van der Waals surface area contributed by atoms with Gasteiger partial charge in [-0.2, -0.15) is 0 Å². The van der Waals surface area contributed by atoms with Gasteiger partial charge in [0.05, 0.1) is 12.5 Å².